The summed E-state index contributed by atoms with van der Waals surface area (Å²) in [5.74, 6) is 0.755. The van der Waals surface area contributed by atoms with Crippen LogP contribution in [0.25, 0.3) is 0 Å². The molecule has 2 fully saturated rings. The smallest absolute Gasteiger partial charge is 0.254 e. The first-order valence-corrected chi connectivity index (χ1v) is 12.0. The highest BCUT2D eigenvalue weighted by Crippen LogP contribution is 2.39. The second-order valence-corrected chi connectivity index (χ2v) is 9.36. The van der Waals surface area contributed by atoms with Gasteiger partial charge in [0.05, 0.1) is 6.61 Å². The number of benzene rings is 2. The molecular formula is C27H35N3O3. The van der Waals surface area contributed by atoms with E-state index in [9.17, 15) is 9.59 Å². The monoisotopic (exact) mass is 449 g/mol. The molecule has 0 aromatic heterocycles. The number of rotatable bonds is 7. The minimum atomic E-state index is -0.120. The molecule has 2 aromatic carbocycles. The van der Waals surface area contributed by atoms with Crippen molar-refractivity contribution >= 4 is 17.5 Å². The van der Waals surface area contributed by atoms with Crippen LogP contribution in [-0.2, 0) is 4.74 Å². The number of nitrogen functional groups attached to an aromatic ring is 1. The van der Waals surface area contributed by atoms with Gasteiger partial charge >= 0.3 is 0 Å². The van der Waals surface area contributed by atoms with Gasteiger partial charge in [0.1, 0.15) is 0 Å². The van der Waals surface area contributed by atoms with Crippen molar-refractivity contribution in [3.63, 3.8) is 0 Å². The quantitative estimate of drug-likeness (QED) is 0.489. The van der Waals surface area contributed by atoms with Crippen molar-refractivity contribution in [1.82, 2.24) is 10.2 Å². The zero-order chi connectivity index (χ0) is 23.4. The Morgan fingerprint density at radius 1 is 1.03 bits per heavy atom. The van der Waals surface area contributed by atoms with Crippen molar-refractivity contribution in [1.29, 1.82) is 0 Å². The van der Waals surface area contributed by atoms with Gasteiger partial charge in [-0.1, -0.05) is 24.6 Å². The van der Waals surface area contributed by atoms with Crippen LogP contribution in [0.5, 0.6) is 0 Å². The molecule has 0 spiro atoms. The summed E-state index contributed by atoms with van der Waals surface area (Å²) in [5, 5.41) is 2.94. The number of methoxy groups -OCH3 is 1. The number of amides is 2. The van der Waals surface area contributed by atoms with Crippen molar-refractivity contribution < 1.29 is 14.3 Å². The average molecular weight is 450 g/mol. The van der Waals surface area contributed by atoms with E-state index in [2.05, 4.69) is 23.5 Å². The second kappa shape index (κ2) is 10.4. The van der Waals surface area contributed by atoms with Crippen LogP contribution >= 0.6 is 0 Å². The highest BCUT2D eigenvalue weighted by Gasteiger charge is 2.29. The predicted octanol–water partition coefficient (Wildman–Crippen LogP) is 4.24. The molecule has 6 nitrogen and oxygen atoms in total. The molecule has 2 aromatic rings. The number of carbonyl (C=O) groups excluding carboxylic acids is 2. The number of likely N-dealkylation sites (tertiary alicyclic amines) is 1. The fourth-order valence-corrected chi connectivity index (χ4v) is 4.93. The lowest BCUT2D eigenvalue weighted by Gasteiger charge is -2.33. The highest BCUT2D eigenvalue weighted by atomic mass is 16.5. The van der Waals surface area contributed by atoms with E-state index in [0.29, 0.717) is 49.2 Å². The van der Waals surface area contributed by atoms with Crippen LogP contribution in [0.2, 0.25) is 0 Å². The van der Waals surface area contributed by atoms with Crippen molar-refractivity contribution in [3.8, 4) is 0 Å². The van der Waals surface area contributed by atoms with Crippen molar-refractivity contribution in [2.75, 3.05) is 39.1 Å². The lowest BCUT2D eigenvalue weighted by molar-refractivity contribution is 0.0712. The molecule has 1 saturated carbocycles. The van der Waals surface area contributed by atoms with Gasteiger partial charge in [-0.15, -0.1) is 0 Å². The fraction of sp³-hybridized carbons (Fsp3) is 0.481. The fourth-order valence-electron chi connectivity index (χ4n) is 4.93. The number of hydrogen-bond acceptors (Lipinski definition) is 4. The Morgan fingerprint density at radius 3 is 2.33 bits per heavy atom. The summed E-state index contributed by atoms with van der Waals surface area (Å²) in [7, 11) is 1.62. The molecular weight excluding hydrogens is 414 g/mol. The van der Waals surface area contributed by atoms with Crippen molar-refractivity contribution in [2.24, 2.45) is 0 Å². The number of anilines is 1. The SMILES string of the molecule is COCCNC(=O)c1cc(C(=O)N2CCC(c3ccc(N)cc3)CC2)c(C)cc1C1CCC1. The number of hydrogen-bond donors (Lipinski definition) is 2. The van der Waals surface area contributed by atoms with Crippen LogP contribution < -0.4 is 11.1 Å². The number of aryl methyl sites for hydroxylation is 1. The lowest BCUT2D eigenvalue weighted by Crippen LogP contribution is -2.38. The third-order valence-corrected chi connectivity index (χ3v) is 7.20. The number of nitrogens with zero attached hydrogens (tertiary/aromatic N) is 1. The minimum absolute atomic E-state index is 0.0226. The van der Waals surface area contributed by atoms with E-state index >= 15 is 0 Å². The van der Waals surface area contributed by atoms with Crippen LogP contribution in [0.3, 0.4) is 0 Å². The average Bonchev–Trinajstić information content (AvgIpc) is 2.78. The van der Waals surface area contributed by atoms with Crippen LogP contribution in [0.1, 0.15) is 81.3 Å². The van der Waals surface area contributed by atoms with Gasteiger partial charge in [0.2, 0.25) is 0 Å². The molecule has 0 atom stereocenters. The summed E-state index contributed by atoms with van der Waals surface area (Å²) in [4.78, 5) is 28.4. The number of ether oxygens (including phenoxy) is 1. The van der Waals surface area contributed by atoms with Crippen LogP contribution in [0, 0.1) is 6.92 Å². The maximum atomic E-state index is 13.5. The molecule has 1 aliphatic carbocycles. The van der Waals surface area contributed by atoms with Crippen molar-refractivity contribution in [3.05, 3.63) is 64.2 Å². The first kappa shape index (κ1) is 23.3. The molecule has 0 unspecified atom stereocenters. The number of piperidine rings is 1. The standard InChI is InChI=1S/C27H35N3O3/c1-18-16-24(21-4-3-5-21)25(26(31)29-12-15-33-2)17-23(18)27(32)30-13-10-20(11-14-30)19-6-8-22(28)9-7-19/h6-9,16-17,20-21H,3-5,10-15,28H2,1-2H3,(H,29,31). The van der Waals surface area contributed by atoms with Crippen LogP contribution in [0.4, 0.5) is 5.69 Å². The van der Waals surface area contributed by atoms with Gasteiger partial charge in [-0.25, -0.2) is 0 Å². The van der Waals surface area contributed by atoms with Crippen LogP contribution in [0.15, 0.2) is 36.4 Å². The summed E-state index contributed by atoms with van der Waals surface area (Å²) in [6.45, 7) is 4.34. The lowest BCUT2D eigenvalue weighted by atomic mass is 9.77. The molecule has 3 N–H and O–H groups in total. The van der Waals surface area contributed by atoms with Gasteiger partial charge < -0.3 is 20.7 Å². The third kappa shape index (κ3) is 5.22. The molecule has 2 aliphatic rings. The van der Waals surface area contributed by atoms with Crippen molar-refractivity contribution in [2.45, 2.75) is 50.9 Å². The Kier molecular flexibility index (Phi) is 7.33. The Morgan fingerprint density at radius 2 is 1.73 bits per heavy atom. The summed E-state index contributed by atoms with van der Waals surface area (Å²) in [5.41, 5.74) is 11.2. The van der Waals surface area contributed by atoms with Gasteiger partial charge in [0, 0.05) is 43.6 Å². The van der Waals surface area contributed by atoms with Gasteiger partial charge in [0.25, 0.3) is 11.8 Å². The van der Waals surface area contributed by atoms with E-state index in [1.807, 2.05) is 30.0 Å². The predicted molar refractivity (Wildman–Crippen MR) is 131 cm³/mol. The Labute approximate surface area is 196 Å². The topological polar surface area (TPSA) is 84.7 Å². The van der Waals surface area contributed by atoms with Crippen LogP contribution in [-0.4, -0.2) is 50.1 Å². The summed E-state index contributed by atoms with van der Waals surface area (Å²) >= 11 is 0. The molecule has 1 heterocycles. The van der Waals surface area contributed by atoms with E-state index in [0.717, 1.165) is 42.5 Å². The third-order valence-electron chi connectivity index (χ3n) is 7.20. The zero-order valence-electron chi connectivity index (χ0n) is 19.7. The molecule has 0 bridgehead atoms. The highest BCUT2D eigenvalue weighted by molar-refractivity contribution is 6.01. The molecule has 0 radical (unpaired) electrons. The molecule has 4 rings (SSSR count). The molecule has 2 amide bonds. The molecule has 6 heteroatoms. The van der Waals surface area contributed by atoms with E-state index in [4.69, 9.17) is 10.5 Å². The summed E-state index contributed by atoms with van der Waals surface area (Å²) in [6, 6.07) is 12.0. The van der Waals surface area contributed by atoms with Gasteiger partial charge in [-0.2, -0.15) is 0 Å². The first-order chi connectivity index (χ1) is 16.0. The zero-order valence-corrected chi connectivity index (χ0v) is 19.7. The molecule has 33 heavy (non-hydrogen) atoms. The van der Waals surface area contributed by atoms with E-state index < -0.39 is 0 Å². The Bertz CT molecular complexity index is 990. The molecule has 176 valence electrons. The summed E-state index contributed by atoms with van der Waals surface area (Å²) in [6.07, 6.45) is 5.25. The minimum Gasteiger partial charge on any atom is -0.399 e. The second-order valence-electron chi connectivity index (χ2n) is 9.36. The number of carbonyl (C=O) groups is 2. The maximum absolute atomic E-state index is 13.5. The summed E-state index contributed by atoms with van der Waals surface area (Å²) < 4.78 is 5.06. The van der Waals surface area contributed by atoms with E-state index in [1.54, 1.807) is 7.11 Å². The Balaban J connectivity index is 1.50. The normalized spacial score (nSPS) is 17.0. The molecule has 1 aliphatic heterocycles. The van der Waals surface area contributed by atoms with Gasteiger partial charge in [-0.3, -0.25) is 9.59 Å². The number of nitrogens with two attached hydrogens (primary N) is 1. The van der Waals surface area contributed by atoms with E-state index in [-0.39, 0.29) is 11.8 Å². The molecule has 1 saturated heterocycles. The van der Waals surface area contributed by atoms with Gasteiger partial charge in [-0.05, 0) is 79.3 Å². The maximum Gasteiger partial charge on any atom is 0.254 e. The van der Waals surface area contributed by atoms with E-state index in [1.165, 1.54) is 12.0 Å². The number of nitrogens with one attached hydrogen (secondary N) is 1. The first-order valence-electron chi connectivity index (χ1n) is 12.0. The van der Waals surface area contributed by atoms with Gasteiger partial charge in [0.15, 0.2) is 0 Å². The largest absolute Gasteiger partial charge is 0.399 e. The Hall–Kier alpha value is -2.86.